The smallest absolute Gasteiger partial charge is 0.119 e. The lowest BCUT2D eigenvalue weighted by atomic mass is 10.2. The van der Waals surface area contributed by atoms with Gasteiger partial charge < -0.3 is 9.75 Å². The average molecular weight is 263 g/mol. The van der Waals surface area contributed by atoms with E-state index in [0.717, 1.165) is 22.0 Å². The second-order valence-electron chi connectivity index (χ2n) is 3.95. The van der Waals surface area contributed by atoms with Gasteiger partial charge in [-0.2, -0.15) is 0 Å². The van der Waals surface area contributed by atoms with Crippen LogP contribution >= 0.6 is 11.6 Å². The van der Waals surface area contributed by atoms with Gasteiger partial charge in [0.05, 0.1) is 19.3 Å². The Morgan fingerprint density at radius 1 is 1.06 bits per heavy atom. The number of hydrogen-bond acceptors (Lipinski definition) is 3. The van der Waals surface area contributed by atoms with E-state index in [0.29, 0.717) is 6.54 Å². The van der Waals surface area contributed by atoms with Crippen molar-refractivity contribution in [2.75, 3.05) is 12.1 Å². The highest BCUT2D eigenvalue weighted by molar-refractivity contribution is 6.30. The van der Waals surface area contributed by atoms with Crippen LogP contribution in [0.4, 0.5) is 5.69 Å². The van der Waals surface area contributed by atoms with Crippen LogP contribution in [-0.2, 0) is 6.54 Å². The summed E-state index contributed by atoms with van der Waals surface area (Å²) in [7, 11) is 1.64. The molecule has 0 aliphatic rings. The van der Waals surface area contributed by atoms with Gasteiger partial charge in [0.2, 0.25) is 0 Å². The Balaban J connectivity index is 2.06. The maximum Gasteiger partial charge on any atom is 0.119 e. The molecule has 0 unspecified atom stereocenters. The number of nitrogens with zero attached hydrogens (tertiary/aromatic N) is 1. The molecule has 0 aliphatic heterocycles. The predicted molar refractivity (Wildman–Crippen MR) is 74.8 cm³/mol. The Morgan fingerprint density at radius 2 is 1.67 bits per heavy atom. The van der Waals surface area contributed by atoms with E-state index in [9.17, 15) is 0 Å². The number of ether oxygens (including phenoxy) is 1. The molecule has 2 aromatic carbocycles. The van der Waals surface area contributed by atoms with Crippen molar-refractivity contribution in [3.8, 4) is 5.75 Å². The van der Waals surface area contributed by atoms with Crippen molar-refractivity contribution in [1.82, 2.24) is 0 Å². The molecule has 0 saturated heterocycles. The molecule has 2 aromatic rings. The number of hydrogen-bond donors (Lipinski definition) is 1. The van der Waals surface area contributed by atoms with Crippen LogP contribution in [0.25, 0.3) is 0 Å². The molecule has 0 spiro atoms. The molecule has 0 amide bonds. The van der Waals surface area contributed by atoms with Gasteiger partial charge in [0.1, 0.15) is 5.75 Å². The summed E-state index contributed by atoms with van der Waals surface area (Å²) in [6.07, 6.45) is 0. The molecule has 0 radical (unpaired) electrons. The summed E-state index contributed by atoms with van der Waals surface area (Å²) in [5, 5.41) is 2.41. The maximum atomic E-state index is 6.02. The highest BCUT2D eigenvalue weighted by Gasteiger charge is 2.03. The third kappa shape index (κ3) is 3.15. The van der Waals surface area contributed by atoms with Crippen molar-refractivity contribution in [3.05, 3.63) is 59.1 Å². The van der Waals surface area contributed by atoms with Gasteiger partial charge in [-0.15, -0.1) is 0 Å². The number of benzene rings is 2. The fraction of sp³-hybridized carbons (Fsp3) is 0.143. The van der Waals surface area contributed by atoms with Gasteiger partial charge in [0, 0.05) is 5.02 Å². The Kier molecular flexibility index (Phi) is 4.07. The third-order valence-electron chi connectivity index (χ3n) is 2.67. The quantitative estimate of drug-likeness (QED) is 0.679. The molecule has 2 N–H and O–H groups in total. The summed E-state index contributed by atoms with van der Waals surface area (Å²) in [4.78, 5) is 0. The molecule has 18 heavy (non-hydrogen) atoms. The molecular formula is C14H15ClN2O. The second kappa shape index (κ2) is 5.76. The predicted octanol–water partition coefficient (Wildman–Crippen LogP) is 3.23. The van der Waals surface area contributed by atoms with E-state index < -0.39 is 0 Å². The van der Waals surface area contributed by atoms with Crippen LogP contribution in [0.3, 0.4) is 0 Å². The van der Waals surface area contributed by atoms with Gasteiger partial charge in [0.15, 0.2) is 0 Å². The number of halogens is 1. The first-order chi connectivity index (χ1) is 8.69. The molecular weight excluding hydrogens is 248 g/mol. The summed E-state index contributed by atoms with van der Waals surface area (Å²) in [6, 6.07) is 15.3. The zero-order valence-corrected chi connectivity index (χ0v) is 10.9. The van der Waals surface area contributed by atoms with Gasteiger partial charge in [0.25, 0.3) is 0 Å². The van der Waals surface area contributed by atoms with Crippen LogP contribution in [-0.4, -0.2) is 7.11 Å². The molecule has 0 fully saturated rings. The van der Waals surface area contributed by atoms with Crippen molar-refractivity contribution in [1.29, 1.82) is 0 Å². The normalized spacial score (nSPS) is 10.2. The first-order valence-electron chi connectivity index (χ1n) is 5.60. The molecule has 0 aromatic heterocycles. The molecule has 0 aliphatic carbocycles. The van der Waals surface area contributed by atoms with E-state index in [2.05, 4.69) is 0 Å². The molecule has 4 heteroatoms. The lowest BCUT2D eigenvalue weighted by Crippen LogP contribution is -2.29. The fourth-order valence-corrected chi connectivity index (χ4v) is 1.78. The van der Waals surface area contributed by atoms with E-state index in [1.54, 1.807) is 12.1 Å². The van der Waals surface area contributed by atoms with Crippen LogP contribution < -0.4 is 15.6 Å². The summed E-state index contributed by atoms with van der Waals surface area (Å²) < 4.78 is 5.11. The standard InChI is InChI=1S/C14H15ClN2O/c1-18-14-8-6-13(7-9-14)17(16)10-11-2-4-12(15)5-3-11/h2-9H,10,16H2,1H3. The zero-order valence-electron chi connectivity index (χ0n) is 10.1. The van der Waals surface area contributed by atoms with E-state index in [-0.39, 0.29) is 0 Å². The molecule has 3 nitrogen and oxygen atoms in total. The zero-order chi connectivity index (χ0) is 13.0. The van der Waals surface area contributed by atoms with Crippen LogP contribution in [0.2, 0.25) is 5.02 Å². The number of rotatable bonds is 4. The lowest BCUT2D eigenvalue weighted by molar-refractivity contribution is 0.415. The van der Waals surface area contributed by atoms with Crippen molar-refractivity contribution >= 4 is 17.3 Å². The Morgan fingerprint density at radius 3 is 2.22 bits per heavy atom. The van der Waals surface area contributed by atoms with E-state index >= 15 is 0 Å². The SMILES string of the molecule is COc1ccc(N(N)Cc2ccc(Cl)cc2)cc1. The van der Waals surface area contributed by atoms with Crippen LogP contribution in [0.5, 0.6) is 5.75 Å². The first kappa shape index (κ1) is 12.7. The minimum Gasteiger partial charge on any atom is -0.497 e. The molecule has 2 rings (SSSR count). The molecule has 0 atom stereocenters. The second-order valence-corrected chi connectivity index (χ2v) is 4.39. The highest BCUT2D eigenvalue weighted by Crippen LogP contribution is 2.19. The van der Waals surface area contributed by atoms with Crippen LogP contribution in [0.1, 0.15) is 5.56 Å². The number of anilines is 1. The molecule has 94 valence electrons. The highest BCUT2D eigenvalue weighted by atomic mass is 35.5. The van der Waals surface area contributed by atoms with Gasteiger partial charge in [-0.3, -0.25) is 0 Å². The van der Waals surface area contributed by atoms with E-state index in [1.807, 2.05) is 48.5 Å². The maximum absolute atomic E-state index is 6.02. The van der Waals surface area contributed by atoms with E-state index in [1.165, 1.54) is 0 Å². The number of nitrogens with two attached hydrogens (primary N) is 1. The fourth-order valence-electron chi connectivity index (χ4n) is 1.65. The van der Waals surface area contributed by atoms with Gasteiger partial charge >= 0.3 is 0 Å². The van der Waals surface area contributed by atoms with Gasteiger partial charge in [-0.1, -0.05) is 23.7 Å². The minimum absolute atomic E-state index is 0.628. The van der Waals surface area contributed by atoms with Gasteiger partial charge in [-0.05, 0) is 42.0 Å². The summed E-state index contributed by atoms with van der Waals surface area (Å²) in [5.41, 5.74) is 2.04. The minimum atomic E-state index is 0.628. The van der Waals surface area contributed by atoms with Gasteiger partial charge in [-0.25, -0.2) is 5.84 Å². The van der Waals surface area contributed by atoms with Crippen LogP contribution in [0.15, 0.2) is 48.5 Å². The van der Waals surface area contributed by atoms with E-state index in [4.69, 9.17) is 22.2 Å². The average Bonchev–Trinajstić information content (AvgIpc) is 2.41. The van der Waals surface area contributed by atoms with Crippen molar-refractivity contribution in [2.24, 2.45) is 5.84 Å². The Labute approximate surface area is 112 Å². The molecule has 0 heterocycles. The molecule has 0 saturated carbocycles. The Hall–Kier alpha value is -1.71. The first-order valence-corrected chi connectivity index (χ1v) is 5.97. The molecule has 0 bridgehead atoms. The summed E-state index contributed by atoms with van der Waals surface area (Å²) in [6.45, 7) is 0.628. The Bertz CT molecular complexity index is 496. The van der Waals surface area contributed by atoms with Crippen molar-refractivity contribution < 1.29 is 4.74 Å². The van der Waals surface area contributed by atoms with Crippen molar-refractivity contribution in [3.63, 3.8) is 0 Å². The van der Waals surface area contributed by atoms with Crippen molar-refractivity contribution in [2.45, 2.75) is 6.54 Å². The largest absolute Gasteiger partial charge is 0.497 e. The van der Waals surface area contributed by atoms with Crippen LogP contribution in [0, 0.1) is 0 Å². The monoisotopic (exact) mass is 262 g/mol. The summed E-state index contributed by atoms with van der Waals surface area (Å²) >= 11 is 5.84. The topological polar surface area (TPSA) is 38.5 Å². The third-order valence-corrected chi connectivity index (χ3v) is 2.92. The lowest BCUT2D eigenvalue weighted by Gasteiger charge is -2.19. The summed E-state index contributed by atoms with van der Waals surface area (Å²) in [5.74, 6) is 6.83. The number of methoxy groups -OCH3 is 1. The number of hydrazine groups is 1.